The van der Waals surface area contributed by atoms with Gasteiger partial charge in [0.1, 0.15) is 30.0 Å². The molecule has 2 aromatic rings. The van der Waals surface area contributed by atoms with Crippen molar-refractivity contribution in [2.24, 2.45) is 4.99 Å². The fraction of sp³-hybridized carbons (Fsp3) is 0.500. The van der Waals surface area contributed by atoms with Crippen molar-refractivity contribution < 1.29 is 37.1 Å². The van der Waals surface area contributed by atoms with Crippen LogP contribution in [-0.4, -0.2) is 91.1 Å². The third kappa shape index (κ3) is 8.12. The largest absolute Gasteiger partial charge is 0.528 e. The lowest BCUT2D eigenvalue weighted by Gasteiger charge is -2.30. The van der Waals surface area contributed by atoms with Crippen molar-refractivity contribution in [2.75, 3.05) is 39.5 Å². The van der Waals surface area contributed by atoms with Crippen LogP contribution in [0.15, 0.2) is 34.4 Å². The second kappa shape index (κ2) is 12.9. The molecule has 1 aromatic heterocycles. The fourth-order valence-electron chi connectivity index (χ4n) is 3.56. The number of ether oxygens (including phenoxy) is 2. The molecule has 1 aliphatic rings. The minimum absolute atomic E-state index is 0.182. The van der Waals surface area contributed by atoms with E-state index in [0.717, 1.165) is 12.4 Å². The van der Waals surface area contributed by atoms with Gasteiger partial charge in [-0.15, -0.1) is 9.79 Å². The number of benzene rings is 1. The Balaban J connectivity index is 1.79. The first-order valence-electron chi connectivity index (χ1n) is 12.1. The van der Waals surface area contributed by atoms with Crippen LogP contribution in [0.5, 0.6) is 5.88 Å². The molecule has 1 fully saturated rings. The molecular formula is C24H31FN6O7S. The van der Waals surface area contributed by atoms with Gasteiger partial charge in [-0.3, -0.25) is 0 Å². The van der Waals surface area contributed by atoms with Crippen molar-refractivity contribution in [2.45, 2.75) is 43.8 Å². The summed E-state index contributed by atoms with van der Waals surface area (Å²) in [6.07, 6.45) is 0.167. The summed E-state index contributed by atoms with van der Waals surface area (Å²) in [5.74, 6) is -1.34. The quantitative estimate of drug-likeness (QED) is 0.349. The minimum Gasteiger partial charge on any atom is -0.472 e. The van der Waals surface area contributed by atoms with Crippen LogP contribution in [0.4, 0.5) is 14.9 Å². The monoisotopic (exact) mass is 566 g/mol. The Labute approximate surface area is 225 Å². The number of hydrogen-bond donors (Lipinski definition) is 1. The van der Waals surface area contributed by atoms with E-state index in [0.29, 0.717) is 30.7 Å². The van der Waals surface area contributed by atoms with Crippen LogP contribution in [0.3, 0.4) is 0 Å². The number of nitriles is 1. The molecule has 0 atom stereocenters. The van der Waals surface area contributed by atoms with Crippen molar-refractivity contribution in [1.29, 1.82) is 5.26 Å². The zero-order valence-corrected chi connectivity index (χ0v) is 22.9. The highest BCUT2D eigenvalue weighted by Crippen LogP contribution is 2.24. The van der Waals surface area contributed by atoms with Crippen molar-refractivity contribution in [3.05, 3.63) is 41.4 Å². The summed E-state index contributed by atoms with van der Waals surface area (Å²) >= 11 is 0. The molecule has 0 aliphatic carbocycles. The second-order valence-electron chi connectivity index (χ2n) is 9.31. The summed E-state index contributed by atoms with van der Waals surface area (Å²) < 4.78 is 51.1. The smallest absolute Gasteiger partial charge is 0.472 e. The highest BCUT2D eigenvalue weighted by atomic mass is 32.2. The van der Waals surface area contributed by atoms with Gasteiger partial charge in [0.15, 0.2) is 20.9 Å². The molecule has 1 aliphatic heterocycles. The minimum atomic E-state index is -3.71. The van der Waals surface area contributed by atoms with Crippen molar-refractivity contribution in [3.63, 3.8) is 0 Å². The molecule has 1 aromatic carbocycles. The number of aromatic nitrogens is 2. The Hall–Kier alpha value is -3.74. The zero-order valence-electron chi connectivity index (χ0n) is 22.1. The lowest BCUT2D eigenvalue weighted by atomic mass is 10.1. The number of hydrogen-bond acceptors (Lipinski definition) is 12. The molecule has 0 radical (unpaired) electrons. The lowest BCUT2D eigenvalue weighted by Crippen LogP contribution is -2.40. The molecule has 15 heteroatoms. The second-order valence-corrected chi connectivity index (χ2v) is 11.4. The molecule has 1 N–H and O–H groups in total. The summed E-state index contributed by atoms with van der Waals surface area (Å²) in [4.78, 5) is 26.3. The maximum atomic E-state index is 14.8. The average molecular weight is 567 g/mol. The van der Waals surface area contributed by atoms with Crippen molar-refractivity contribution >= 4 is 21.7 Å². The summed E-state index contributed by atoms with van der Waals surface area (Å²) in [5.41, 5.74) is -0.718. The third-order valence-corrected chi connectivity index (χ3v) is 7.27. The number of carbonyl (C=O) groups excluding carboxylic acids is 1. The number of halogens is 1. The molecule has 1 saturated heterocycles. The number of piperidine rings is 1. The van der Waals surface area contributed by atoms with Crippen molar-refractivity contribution in [1.82, 2.24) is 19.7 Å². The SMILES string of the molecule is CC(C)OC(=O)ON1CCC(Oc2c(C#N)c(=Nc3ccc(S(=O)(=O)CCN(C)C)cc3F)ncn2O)CC1. The molecule has 0 bridgehead atoms. The van der Waals surface area contributed by atoms with E-state index in [4.69, 9.17) is 14.3 Å². The van der Waals surface area contributed by atoms with Crippen LogP contribution >= 0.6 is 0 Å². The summed E-state index contributed by atoms with van der Waals surface area (Å²) in [7, 11) is -0.247. The lowest BCUT2D eigenvalue weighted by molar-refractivity contribution is -0.151. The predicted molar refractivity (Wildman–Crippen MR) is 134 cm³/mol. The number of hydroxylamine groups is 2. The number of rotatable bonds is 9. The molecular weight excluding hydrogens is 535 g/mol. The van der Waals surface area contributed by atoms with Crippen LogP contribution in [0.1, 0.15) is 32.3 Å². The predicted octanol–water partition coefficient (Wildman–Crippen LogP) is 2.02. The van der Waals surface area contributed by atoms with Crippen LogP contribution in [-0.2, 0) is 19.4 Å². The van der Waals surface area contributed by atoms with Gasteiger partial charge < -0.3 is 24.4 Å². The van der Waals surface area contributed by atoms with E-state index in [-0.39, 0.29) is 45.9 Å². The Morgan fingerprint density at radius 1 is 1.33 bits per heavy atom. The van der Waals surface area contributed by atoms with E-state index < -0.39 is 27.9 Å². The van der Waals surface area contributed by atoms with E-state index in [1.807, 2.05) is 6.07 Å². The zero-order chi connectivity index (χ0) is 28.7. The van der Waals surface area contributed by atoms with Gasteiger partial charge in [0.05, 0.1) is 16.8 Å². The maximum Gasteiger partial charge on any atom is 0.528 e. The third-order valence-electron chi connectivity index (χ3n) is 5.57. The van der Waals surface area contributed by atoms with Crippen LogP contribution in [0, 0.1) is 17.1 Å². The van der Waals surface area contributed by atoms with E-state index in [1.165, 1.54) is 17.2 Å². The van der Waals surface area contributed by atoms with E-state index in [9.17, 15) is 28.1 Å². The van der Waals surface area contributed by atoms with Gasteiger partial charge in [-0.05, 0) is 46.1 Å². The Morgan fingerprint density at radius 2 is 2.03 bits per heavy atom. The van der Waals surface area contributed by atoms with Crippen molar-refractivity contribution in [3.8, 4) is 11.9 Å². The molecule has 0 unspecified atom stereocenters. The normalized spacial score (nSPS) is 15.4. The van der Waals surface area contributed by atoms with Gasteiger partial charge in [0.25, 0.3) is 5.88 Å². The van der Waals surface area contributed by atoms with Gasteiger partial charge in [0.2, 0.25) is 0 Å². The number of sulfone groups is 1. The highest BCUT2D eigenvalue weighted by molar-refractivity contribution is 7.91. The first-order valence-corrected chi connectivity index (χ1v) is 13.8. The molecule has 39 heavy (non-hydrogen) atoms. The molecule has 2 heterocycles. The topological polar surface area (TPSA) is 160 Å². The van der Waals surface area contributed by atoms with Gasteiger partial charge in [-0.2, -0.15) is 5.26 Å². The summed E-state index contributed by atoms with van der Waals surface area (Å²) in [5, 5.41) is 21.5. The molecule has 212 valence electrons. The van der Waals surface area contributed by atoms with E-state index >= 15 is 0 Å². The molecule has 3 rings (SSSR count). The van der Waals surface area contributed by atoms with E-state index in [1.54, 1.807) is 32.8 Å². The van der Waals surface area contributed by atoms with Gasteiger partial charge >= 0.3 is 6.16 Å². The summed E-state index contributed by atoms with van der Waals surface area (Å²) in [6, 6.07) is 5.16. The summed E-state index contributed by atoms with van der Waals surface area (Å²) in [6.45, 7) is 4.32. The first-order chi connectivity index (χ1) is 18.4. The van der Waals surface area contributed by atoms with Crippen LogP contribution < -0.4 is 10.2 Å². The van der Waals surface area contributed by atoms with Crippen LogP contribution in [0.25, 0.3) is 0 Å². The van der Waals surface area contributed by atoms with Gasteiger partial charge in [0, 0.05) is 32.5 Å². The molecule has 0 spiro atoms. The van der Waals surface area contributed by atoms with Gasteiger partial charge in [-0.25, -0.2) is 27.6 Å². The molecule has 0 saturated carbocycles. The maximum absolute atomic E-state index is 14.8. The average Bonchev–Trinajstić information content (AvgIpc) is 2.86. The number of carbonyl (C=O) groups is 1. The standard InChI is InChI=1S/C24H31FN6O7S/c1-16(2)36-24(32)38-30-9-7-17(8-10-30)37-23-19(14-26)22(27-15-31(23)33)28-21-6-5-18(13-20(21)25)39(34,35)12-11-29(3)4/h5-6,13,15-17,33H,7-12H2,1-4H3. The molecule has 0 amide bonds. The molecule has 13 nitrogen and oxygen atoms in total. The van der Waals surface area contributed by atoms with E-state index in [2.05, 4.69) is 9.98 Å². The fourth-order valence-corrected chi connectivity index (χ4v) is 4.96. The number of nitrogens with zero attached hydrogens (tertiary/aromatic N) is 6. The highest BCUT2D eigenvalue weighted by Gasteiger charge is 2.26. The first kappa shape index (κ1) is 29.8. The Bertz CT molecular complexity index is 1400. The Kier molecular flexibility index (Phi) is 9.84. The van der Waals surface area contributed by atoms with Gasteiger partial charge in [-0.1, -0.05) is 0 Å². The van der Waals surface area contributed by atoms with Crippen LogP contribution in [0.2, 0.25) is 0 Å². The Morgan fingerprint density at radius 3 is 2.62 bits per heavy atom.